The van der Waals surface area contributed by atoms with Gasteiger partial charge in [-0.3, -0.25) is 9.59 Å². The standard InChI is InChI=1S/C16H19NO3/c18-15(19)10-17(9-11-4-2-1-3-5-11)16(20)14-8-13(14)12-6-7-12/h1-5,12-14H,6-10H2,(H,18,19). The number of carbonyl (C=O) groups is 2. The van der Waals surface area contributed by atoms with Crippen LogP contribution in [0, 0.1) is 17.8 Å². The molecule has 2 aliphatic carbocycles. The van der Waals surface area contributed by atoms with Crippen molar-refractivity contribution in [2.24, 2.45) is 17.8 Å². The second-order valence-electron chi connectivity index (χ2n) is 5.92. The summed E-state index contributed by atoms with van der Waals surface area (Å²) >= 11 is 0. The van der Waals surface area contributed by atoms with Gasteiger partial charge in [-0.15, -0.1) is 0 Å². The van der Waals surface area contributed by atoms with Crippen LogP contribution in [-0.4, -0.2) is 28.4 Å². The fourth-order valence-electron chi connectivity index (χ4n) is 2.96. The van der Waals surface area contributed by atoms with E-state index >= 15 is 0 Å². The van der Waals surface area contributed by atoms with Crippen molar-refractivity contribution in [1.29, 1.82) is 0 Å². The predicted octanol–water partition coefficient (Wildman–Crippen LogP) is 2.15. The molecular formula is C16H19NO3. The summed E-state index contributed by atoms with van der Waals surface area (Å²) in [6, 6.07) is 9.57. The predicted molar refractivity (Wildman–Crippen MR) is 73.8 cm³/mol. The van der Waals surface area contributed by atoms with Gasteiger partial charge in [0.1, 0.15) is 6.54 Å². The van der Waals surface area contributed by atoms with E-state index in [9.17, 15) is 9.59 Å². The first-order valence-corrected chi connectivity index (χ1v) is 7.19. The molecular weight excluding hydrogens is 254 g/mol. The van der Waals surface area contributed by atoms with Crippen LogP contribution < -0.4 is 0 Å². The Morgan fingerprint density at radius 3 is 2.50 bits per heavy atom. The molecule has 2 saturated carbocycles. The Morgan fingerprint density at radius 1 is 1.20 bits per heavy atom. The average molecular weight is 273 g/mol. The normalized spacial score (nSPS) is 24.2. The number of carboxylic acids is 1. The van der Waals surface area contributed by atoms with Crippen LogP contribution in [0.4, 0.5) is 0 Å². The molecule has 2 fully saturated rings. The number of aliphatic carboxylic acids is 1. The highest BCUT2D eigenvalue weighted by molar-refractivity contribution is 5.85. The second kappa shape index (κ2) is 5.27. The molecule has 2 unspecified atom stereocenters. The Balaban J connectivity index is 1.66. The number of hydrogen-bond acceptors (Lipinski definition) is 2. The van der Waals surface area contributed by atoms with Gasteiger partial charge in [-0.05, 0) is 36.7 Å². The molecule has 106 valence electrons. The molecule has 0 aliphatic heterocycles. The van der Waals surface area contributed by atoms with Crippen molar-refractivity contribution < 1.29 is 14.7 Å². The maximum Gasteiger partial charge on any atom is 0.323 e. The molecule has 2 aliphatic rings. The number of hydrogen-bond donors (Lipinski definition) is 1. The molecule has 4 nitrogen and oxygen atoms in total. The van der Waals surface area contributed by atoms with Crippen LogP contribution in [-0.2, 0) is 16.1 Å². The van der Waals surface area contributed by atoms with Crippen LogP contribution in [0.5, 0.6) is 0 Å². The zero-order chi connectivity index (χ0) is 14.1. The van der Waals surface area contributed by atoms with Gasteiger partial charge < -0.3 is 10.0 Å². The molecule has 0 spiro atoms. The van der Waals surface area contributed by atoms with Gasteiger partial charge in [0.25, 0.3) is 0 Å². The third-order valence-electron chi connectivity index (χ3n) is 4.24. The van der Waals surface area contributed by atoms with Crippen LogP contribution in [0.3, 0.4) is 0 Å². The molecule has 1 aromatic rings. The van der Waals surface area contributed by atoms with Crippen molar-refractivity contribution in [2.45, 2.75) is 25.8 Å². The van der Waals surface area contributed by atoms with Crippen molar-refractivity contribution in [2.75, 3.05) is 6.54 Å². The molecule has 0 radical (unpaired) electrons. The van der Waals surface area contributed by atoms with Gasteiger partial charge in [0, 0.05) is 12.5 Å². The maximum absolute atomic E-state index is 12.5. The van der Waals surface area contributed by atoms with E-state index in [1.165, 1.54) is 17.7 Å². The topological polar surface area (TPSA) is 57.6 Å². The Hall–Kier alpha value is -1.84. The highest BCUT2D eigenvalue weighted by atomic mass is 16.4. The molecule has 0 bridgehead atoms. The lowest BCUT2D eigenvalue weighted by Crippen LogP contribution is -2.36. The van der Waals surface area contributed by atoms with Gasteiger partial charge in [0.15, 0.2) is 0 Å². The van der Waals surface area contributed by atoms with Crippen LogP contribution in [0.25, 0.3) is 0 Å². The molecule has 1 N–H and O–H groups in total. The third kappa shape index (κ3) is 3.00. The van der Waals surface area contributed by atoms with Crippen molar-refractivity contribution >= 4 is 11.9 Å². The minimum Gasteiger partial charge on any atom is -0.480 e. The summed E-state index contributed by atoms with van der Waals surface area (Å²) in [5.74, 6) is 0.401. The Morgan fingerprint density at radius 2 is 1.90 bits per heavy atom. The average Bonchev–Trinajstić information content (AvgIpc) is 3.27. The molecule has 0 aromatic heterocycles. The lowest BCUT2D eigenvalue weighted by atomic mass is 10.1. The zero-order valence-corrected chi connectivity index (χ0v) is 11.4. The first kappa shape index (κ1) is 13.2. The first-order valence-electron chi connectivity index (χ1n) is 7.19. The van der Waals surface area contributed by atoms with Crippen LogP contribution in [0.2, 0.25) is 0 Å². The van der Waals surface area contributed by atoms with Gasteiger partial charge >= 0.3 is 5.97 Å². The van der Waals surface area contributed by atoms with Crippen molar-refractivity contribution in [3.8, 4) is 0 Å². The fraction of sp³-hybridized carbons (Fsp3) is 0.500. The van der Waals surface area contributed by atoms with E-state index in [2.05, 4.69) is 0 Å². The van der Waals surface area contributed by atoms with Gasteiger partial charge in [-0.1, -0.05) is 30.3 Å². The molecule has 0 saturated heterocycles. The first-order chi connectivity index (χ1) is 9.65. The SMILES string of the molecule is O=C(O)CN(Cc1ccccc1)C(=O)C1CC1C1CC1. The van der Waals surface area contributed by atoms with Gasteiger partial charge in [0.2, 0.25) is 5.91 Å². The molecule has 20 heavy (non-hydrogen) atoms. The Labute approximate surface area is 118 Å². The summed E-state index contributed by atoms with van der Waals surface area (Å²) in [5, 5.41) is 9.01. The van der Waals surface area contributed by atoms with Crippen LogP contribution >= 0.6 is 0 Å². The number of carbonyl (C=O) groups excluding carboxylic acids is 1. The molecule has 0 heterocycles. The number of carboxylic acid groups (broad SMARTS) is 1. The summed E-state index contributed by atoms with van der Waals surface area (Å²) in [6.45, 7) is 0.182. The van der Waals surface area contributed by atoms with Gasteiger partial charge in [-0.2, -0.15) is 0 Å². The quantitative estimate of drug-likeness (QED) is 0.864. The minimum atomic E-state index is -0.946. The number of benzene rings is 1. The molecule has 4 heteroatoms. The molecule has 2 atom stereocenters. The monoisotopic (exact) mass is 273 g/mol. The zero-order valence-electron chi connectivity index (χ0n) is 11.4. The largest absolute Gasteiger partial charge is 0.480 e. The Kier molecular flexibility index (Phi) is 3.47. The smallest absolute Gasteiger partial charge is 0.323 e. The Bertz CT molecular complexity index is 510. The van der Waals surface area contributed by atoms with Gasteiger partial charge in [0.05, 0.1) is 0 Å². The summed E-state index contributed by atoms with van der Waals surface area (Å²) in [4.78, 5) is 24.9. The van der Waals surface area contributed by atoms with E-state index in [0.717, 1.165) is 17.9 Å². The van der Waals surface area contributed by atoms with E-state index in [-0.39, 0.29) is 18.4 Å². The van der Waals surface area contributed by atoms with Crippen molar-refractivity contribution in [1.82, 2.24) is 4.90 Å². The number of amides is 1. The number of rotatable bonds is 6. The van der Waals surface area contributed by atoms with E-state index in [0.29, 0.717) is 12.5 Å². The summed E-state index contributed by atoms with van der Waals surface area (Å²) in [7, 11) is 0. The van der Waals surface area contributed by atoms with Crippen LogP contribution in [0.15, 0.2) is 30.3 Å². The maximum atomic E-state index is 12.5. The van der Waals surface area contributed by atoms with Crippen molar-refractivity contribution in [3.05, 3.63) is 35.9 Å². The molecule has 1 amide bonds. The summed E-state index contributed by atoms with van der Waals surface area (Å²) in [5.41, 5.74) is 0.978. The second-order valence-corrected chi connectivity index (χ2v) is 5.92. The molecule has 1 aromatic carbocycles. The van der Waals surface area contributed by atoms with E-state index in [4.69, 9.17) is 5.11 Å². The molecule has 3 rings (SSSR count). The lowest BCUT2D eigenvalue weighted by molar-refractivity contribution is -0.145. The highest BCUT2D eigenvalue weighted by Gasteiger charge is 2.52. The third-order valence-corrected chi connectivity index (χ3v) is 4.24. The highest BCUT2D eigenvalue weighted by Crippen LogP contribution is 2.54. The minimum absolute atomic E-state index is 0.0214. The van der Waals surface area contributed by atoms with E-state index in [1.54, 1.807) is 0 Å². The van der Waals surface area contributed by atoms with Crippen molar-refractivity contribution in [3.63, 3.8) is 0 Å². The van der Waals surface area contributed by atoms with Crippen LogP contribution in [0.1, 0.15) is 24.8 Å². The summed E-state index contributed by atoms with van der Waals surface area (Å²) < 4.78 is 0. The number of nitrogens with zero attached hydrogens (tertiary/aromatic N) is 1. The van der Waals surface area contributed by atoms with E-state index < -0.39 is 5.97 Å². The fourth-order valence-corrected chi connectivity index (χ4v) is 2.96. The van der Waals surface area contributed by atoms with E-state index in [1.807, 2.05) is 30.3 Å². The summed E-state index contributed by atoms with van der Waals surface area (Å²) in [6.07, 6.45) is 3.44. The lowest BCUT2D eigenvalue weighted by Gasteiger charge is -2.21. The van der Waals surface area contributed by atoms with Gasteiger partial charge in [-0.25, -0.2) is 0 Å².